The molecule has 7 nitrogen and oxygen atoms in total. The van der Waals surface area contributed by atoms with Crippen molar-refractivity contribution in [3.05, 3.63) is 24.3 Å². The molecule has 0 heterocycles. The molecule has 0 amide bonds. The molecule has 0 bridgehead atoms. The number of carbonyl (C=O) groups is 2. The molecular weight excluding hydrogens is 552 g/mol. The van der Waals surface area contributed by atoms with Crippen LogP contribution in [-0.4, -0.2) is 31.0 Å². The smallest absolute Gasteiger partial charge is 0.311 e. The molecule has 8 heteroatoms. The molecule has 234 valence electrons. The van der Waals surface area contributed by atoms with Gasteiger partial charge in [-0.15, -0.1) is 0 Å². The zero-order valence-electron chi connectivity index (χ0n) is 25.8. The second-order valence-electron chi connectivity index (χ2n) is 14.5. The zero-order chi connectivity index (χ0) is 30.3. The number of esters is 2. The monoisotopic (exact) mass is 602 g/mol. The van der Waals surface area contributed by atoms with Crippen LogP contribution >= 0.6 is 0 Å². The Hall–Kier alpha value is -1.93. The van der Waals surface area contributed by atoms with Crippen molar-refractivity contribution in [2.45, 2.75) is 122 Å². The van der Waals surface area contributed by atoms with Gasteiger partial charge in [0.15, 0.2) is 0 Å². The van der Waals surface area contributed by atoms with E-state index in [0.717, 1.165) is 61.0 Å². The molecule has 0 radical (unpaired) electrons. The summed E-state index contributed by atoms with van der Waals surface area (Å²) in [5, 5.41) is 0. The van der Waals surface area contributed by atoms with Gasteiger partial charge in [-0.3, -0.25) is 14.1 Å². The van der Waals surface area contributed by atoms with E-state index in [9.17, 15) is 18.0 Å². The standard InChI is InChI=1S/C34H50O7S/c1-5-6-22(2)28-13-14-29-27-12-7-23-21-25(17-19-33(23,3)30(27)18-20-34(28,29)4)41-32(36)16-15-31(35)40-24-8-10-26(11-9-24)42(37,38)39/h8-11,22-23,25,27-30H,5-7,12-21H2,1-4H3,(H,37,38,39)/t22-,23?,25?,27?,28-,29?,30?,33+,34-/m1/s1. The van der Waals surface area contributed by atoms with Gasteiger partial charge in [-0.2, -0.15) is 8.42 Å². The highest BCUT2D eigenvalue weighted by molar-refractivity contribution is 7.85. The summed E-state index contributed by atoms with van der Waals surface area (Å²) in [5.74, 6) is 3.98. The highest BCUT2D eigenvalue weighted by atomic mass is 32.2. The van der Waals surface area contributed by atoms with Crippen LogP contribution in [0.25, 0.3) is 0 Å². The predicted octanol–water partition coefficient (Wildman–Crippen LogP) is 7.63. The first-order valence-corrected chi connectivity index (χ1v) is 17.8. The van der Waals surface area contributed by atoms with E-state index < -0.39 is 16.1 Å². The fourth-order valence-corrected chi connectivity index (χ4v) is 10.7. The third-order valence-electron chi connectivity index (χ3n) is 12.3. The number of hydrogen-bond acceptors (Lipinski definition) is 6. The first-order valence-electron chi connectivity index (χ1n) is 16.3. The van der Waals surface area contributed by atoms with E-state index >= 15 is 0 Å². The summed E-state index contributed by atoms with van der Waals surface area (Å²) < 4.78 is 42.5. The van der Waals surface area contributed by atoms with Crippen molar-refractivity contribution in [3.8, 4) is 5.75 Å². The van der Waals surface area contributed by atoms with Crippen molar-refractivity contribution in [2.24, 2.45) is 46.3 Å². The topological polar surface area (TPSA) is 107 Å². The van der Waals surface area contributed by atoms with Crippen LogP contribution in [0.5, 0.6) is 5.75 Å². The lowest BCUT2D eigenvalue weighted by molar-refractivity contribution is -0.163. The van der Waals surface area contributed by atoms with Crippen LogP contribution < -0.4 is 4.74 Å². The Morgan fingerprint density at radius 1 is 0.929 bits per heavy atom. The highest BCUT2D eigenvalue weighted by Crippen LogP contribution is 2.68. The number of benzene rings is 1. The van der Waals surface area contributed by atoms with Gasteiger partial charge in [0.1, 0.15) is 11.9 Å². The maximum absolute atomic E-state index is 12.7. The van der Waals surface area contributed by atoms with Gasteiger partial charge in [0.05, 0.1) is 17.7 Å². The molecule has 5 unspecified atom stereocenters. The molecule has 0 saturated heterocycles. The molecule has 0 aromatic heterocycles. The average molecular weight is 603 g/mol. The molecule has 0 spiro atoms. The van der Waals surface area contributed by atoms with Crippen LogP contribution in [0.2, 0.25) is 0 Å². The van der Waals surface area contributed by atoms with Crippen LogP contribution in [0.3, 0.4) is 0 Å². The molecule has 42 heavy (non-hydrogen) atoms. The molecule has 1 N–H and O–H groups in total. The van der Waals surface area contributed by atoms with Crippen LogP contribution in [-0.2, 0) is 24.4 Å². The maximum Gasteiger partial charge on any atom is 0.311 e. The Labute approximate surface area is 252 Å². The number of ether oxygens (including phenoxy) is 2. The third kappa shape index (κ3) is 6.17. The minimum Gasteiger partial charge on any atom is -0.462 e. The lowest BCUT2D eigenvalue weighted by atomic mass is 9.44. The molecule has 0 aliphatic heterocycles. The first-order chi connectivity index (χ1) is 19.8. The molecular formula is C34H50O7S. The van der Waals surface area contributed by atoms with Crippen LogP contribution in [0.4, 0.5) is 0 Å². The minimum atomic E-state index is -4.32. The van der Waals surface area contributed by atoms with Crippen LogP contribution in [0, 0.1) is 46.3 Å². The molecule has 1 aromatic rings. The van der Waals surface area contributed by atoms with E-state index in [4.69, 9.17) is 14.0 Å². The average Bonchev–Trinajstić information content (AvgIpc) is 3.29. The lowest BCUT2D eigenvalue weighted by Gasteiger charge is -2.61. The van der Waals surface area contributed by atoms with Gasteiger partial charge in [0.2, 0.25) is 0 Å². The Bertz CT molecular complexity index is 1240. The van der Waals surface area contributed by atoms with Crippen molar-refractivity contribution < 1.29 is 32.0 Å². The fraction of sp³-hybridized carbons (Fsp3) is 0.765. The molecule has 9 atom stereocenters. The number of carbonyl (C=O) groups excluding carboxylic acids is 2. The van der Waals surface area contributed by atoms with Gasteiger partial charge in [-0.25, -0.2) is 0 Å². The second-order valence-corrected chi connectivity index (χ2v) is 15.9. The number of fused-ring (bicyclic) bond motifs is 5. The lowest BCUT2D eigenvalue weighted by Crippen LogP contribution is -2.54. The van der Waals surface area contributed by atoms with E-state index in [1.165, 1.54) is 63.5 Å². The van der Waals surface area contributed by atoms with E-state index in [1.54, 1.807) is 0 Å². The van der Waals surface area contributed by atoms with Gasteiger partial charge in [0.25, 0.3) is 10.1 Å². The molecule has 4 fully saturated rings. The SMILES string of the molecule is CCC[C@@H](C)[C@H]1CCC2C3CCC4CC(OC(=O)CCC(=O)Oc5ccc(S(=O)(=O)O)cc5)CC[C@]4(C)C3CC[C@@]21C. The van der Waals surface area contributed by atoms with Gasteiger partial charge >= 0.3 is 11.9 Å². The summed E-state index contributed by atoms with van der Waals surface area (Å²) in [6, 6.07) is 4.89. The number of rotatable bonds is 9. The summed E-state index contributed by atoms with van der Waals surface area (Å²) in [7, 11) is -4.32. The van der Waals surface area contributed by atoms with Crippen molar-refractivity contribution >= 4 is 22.1 Å². The summed E-state index contributed by atoms with van der Waals surface area (Å²) in [6.07, 6.45) is 13.4. The summed E-state index contributed by atoms with van der Waals surface area (Å²) in [4.78, 5) is 24.6. The quantitative estimate of drug-likeness (QED) is 0.176. The predicted molar refractivity (Wildman–Crippen MR) is 160 cm³/mol. The van der Waals surface area contributed by atoms with Crippen LogP contribution in [0.15, 0.2) is 29.2 Å². The van der Waals surface area contributed by atoms with E-state index in [2.05, 4.69) is 27.7 Å². The van der Waals surface area contributed by atoms with Gasteiger partial charge < -0.3 is 9.47 Å². The number of hydrogen-bond donors (Lipinski definition) is 1. The van der Waals surface area contributed by atoms with Crippen LogP contribution in [0.1, 0.15) is 111 Å². The normalized spacial score (nSPS) is 36.7. The fourth-order valence-electron chi connectivity index (χ4n) is 10.3. The molecule has 5 rings (SSSR count). The van der Waals surface area contributed by atoms with Crippen molar-refractivity contribution in [2.75, 3.05) is 0 Å². The molecule has 4 saturated carbocycles. The molecule has 4 aliphatic rings. The van der Waals surface area contributed by atoms with E-state index in [0.29, 0.717) is 16.7 Å². The second kappa shape index (κ2) is 12.2. The van der Waals surface area contributed by atoms with Crippen molar-refractivity contribution in [1.29, 1.82) is 0 Å². The largest absolute Gasteiger partial charge is 0.462 e. The minimum absolute atomic E-state index is 0.0526. The summed E-state index contributed by atoms with van der Waals surface area (Å²) in [5.41, 5.74) is 0.839. The van der Waals surface area contributed by atoms with E-state index in [1.807, 2.05) is 0 Å². The van der Waals surface area contributed by atoms with Crippen molar-refractivity contribution in [1.82, 2.24) is 0 Å². The Morgan fingerprint density at radius 3 is 2.29 bits per heavy atom. The van der Waals surface area contributed by atoms with E-state index in [-0.39, 0.29) is 35.6 Å². The van der Waals surface area contributed by atoms with Gasteiger partial charge in [0, 0.05) is 0 Å². The maximum atomic E-state index is 12.7. The highest BCUT2D eigenvalue weighted by Gasteiger charge is 2.60. The molecule has 4 aliphatic carbocycles. The van der Waals surface area contributed by atoms with Gasteiger partial charge in [-0.1, -0.05) is 40.5 Å². The summed E-state index contributed by atoms with van der Waals surface area (Å²) in [6.45, 7) is 10.0. The summed E-state index contributed by atoms with van der Waals surface area (Å²) >= 11 is 0. The first kappa shape index (κ1) is 31.5. The van der Waals surface area contributed by atoms with Crippen molar-refractivity contribution in [3.63, 3.8) is 0 Å². The molecule has 1 aromatic carbocycles. The Morgan fingerprint density at radius 2 is 1.60 bits per heavy atom. The van der Waals surface area contributed by atoms with Gasteiger partial charge in [-0.05, 0) is 128 Å². The Balaban J connectivity index is 1.11. The zero-order valence-corrected chi connectivity index (χ0v) is 26.7. The third-order valence-corrected chi connectivity index (χ3v) is 13.2. The Kier molecular flexibility index (Phi) is 9.16.